The fraction of sp³-hybridized carbons (Fsp3) is 0.308. The van der Waals surface area contributed by atoms with Gasteiger partial charge in [0.25, 0.3) is 0 Å². The quantitative estimate of drug-likeness (QED) is 0.851. The lowest BCUT2D eigenvalue weighted by Crippen LogP contribution is -2.22. The molecular weight excluding hydrogens is 216 g/mol. The van der Waals surface area contributed by atoms with Crippen molar-refractivity contribution in [1.29, 1.82) is 0 Å². The van der Waals surface area contributed by atoms with Crippen molar-refractivity contribution in [2.75, 3.05) is 5.73 Å². The second-order valence-corrected chi connectivity index (χ2v) is 4.76. The van der Waals surface area contributed by atoms with E-state index in [2.05, 4.69) is 5.16 Å². The molecule has 0 unspecified atom stereocenters. The molecule has 0 saturated carbocycles. The normalized spacial score (nSPS) is 11.7. The number of anilines is 1. The minimum atomic E-state index is -0.762. The summed E-state index contributed by atoms with van der Waals surface area (Å²) in [6.45, 7) is 3.55. The summed E-state index contributed by atoms with van der Waals surface area (Å²) < 4.78 is 5.15. The molecule has 0 atom stereocenters. The lowest BCUT2D eigenvalue weighted by molar-refractivity contribution is 0.0811. The second kappa shape index (κ2) is 4.22. The Bertz CT molecular complexity index is 512. The lowest BCUT2D eigenvalue weighted by Gasteiger charge is -2.18. The Hall–Kier alpha value is -1.81. The predicted molar refractivity (Wildman–Crippen MR) is 66.4 cm³/mol. The van der Waals surface area contributed by atoms with Gasteiger partial charge in [0.15, 0.2) is 11.6 Å². The minimum Gasteiger partial charge on any atom is -0.390 e. The zero-order valence-corrected chi connectivity index (χ0v) is 9.97. The molecule has 0 aliphatic rings. The van der Waals surface area contributed by atoms with Crippen LogP contribution in [-0.4, -0.2) is 15.9 Å². The molecule has 0 fully saturated rings. The number of aliphatic hydroxyl groups is 1. The number of aromatic nitrogens is 1. The molecule has 4 nitrogen and oxygen atoms in total. The molecule has 17 heavy (non-hydrogen) atoms. The van der Waals surface area contributed by atoms with E-state index in [4.69, 9.17) is 10.3 Å². The molecule has 0 spiro atoms. The highest BCUT2D eigenvalue weighted by atomic mass is 16.5. The lowest BCUT2D eigenvalue weighted by atomic mass is 9.94. The Morgan fingerprint density at radius 2 is 2.06 bits per heavy atom. The van der Waals surface area contributed by atoms with E-state index >= 15 is 0 Å². The first-order valence-corrected chi connectivity index (χ1v) is 5.48. The van der Waals surface area contributed by atoms with Gasteiger partial charge >= 0.3 is 0 Å². The molecule has 3 N–H and O–H groups in total. The summed E-state index contributed by atoms with van der Waals surface area (Å²) in [7, 11) is 0. The van der Waals surface area contributed by atoms with Crippen LogP contribution < -0.4 is 5.73 Å². The van der Waals surface area contributed by atoms with Crippen molar-refractivity contribution >= 4 is 5.82 Å². The van der Waals surface area contributed by atoms with E-state index in [-0.39, 0.29) is 0 Å². The van der Waals surface area contributed by atoms with Crippen LogP contribution in [0.2, 0.25) is 0 Å². The van der Waals surface area contributed by atoms with Gasteiger partial charge < -0.3 is 15.4 Å². The van der Waals surface area contributed by atoms with Gasteiger partial charge in [-0.05, 0) is 19.4 Å². The second-order valence-electron chi connectivity index (χ2n) is 4.76. The largest absolute Gasteiger partial charge is 0.390 e. The van der Waals surface area contributed by atoms with Crippen LogP contribution in [0.3, 0.4) is 0 Å². The first-order chi connectivity index (χ1) is 7.96. The van der Waals surface area contributed by atoms with E-state index in [1.54, 1.807) is 19.9 Å². The number of hydrogen-bond donors (Lipinski definition) is 2. The van der Waals surface area contributed by atoms with Gasteiger partial charge in [-0.25, -0.2) is 0 Å². The maximum absolute atomic E-state index is 9.88. The standard InChI is InChI=1S/C13H16N2O2/c1-13(2,16)8-9-5-3-4-6-10(9)11-7-12(14)15-17-11/h3-7,16H,8H2,1-2H3,(H2,14,15). The molecule has 0 aliphatic carbocycles. The molecule has 1 aromatic carbocycles. The van der Waals surface area contributed by atoms with Crippen molar-refractivity contribution in [3.63, 3.8) is 0 Å². The van der Waals surface area contributed by atoms with Crippen molar-refractivity contribution in [3.05, 3.63) is 35.9 Å². The summed E-state index contributed by atoms with van der Waals surface area (Å²) in [6.07, 6.45) is 0.545. The minimum absolute atomic E-state index is 0.359. The number of benzene rings is 1. The molecule has 4 heteroatoms. The Morgan fingerprint density at radius 3 is 2.65 bits per heavy atom. The van der Waals surface area contributed by atoms with Crippen molar-refractivity contribution in [2.45, 2.75) is 25.9 Å². The molecule has 1 heterocycles. The fourth-order valence-corrected chi connectivity index (χ4v) is 1.80. The highest BCUT2D eigenvalue weighted by molar-refractivity contribution is 5.64. The first-order valence-electron chi connectivity index (χ1n) is 5.48. The van der Waals surface area contributed by atoms with E-state index in [1.165, 1.54) is 0 Å². The summed E-state index contributed by atoms with van der Waals surface area (Å²) in [5.41, 5.74) is 6.70. The Labute approximate surface area is 100 Å². The van der Waals surface area contributed by atoms with Gasteiger partial charge in [0.1, 0.15) is 0 Å². The van der Waals surface area contributed by atoms with E-state index in [1.807, 2.05) is 24.3 Å². The van der Waals surface area contributed by atoms with Crippen LogP contribution in [0.15, 0.2) is 34.9 Å². The van der Waals surface area contributed by atoms with E-state index in [9.17, 15) is 5.11 Å². The molecule has 0 aliphatic heterocycles. The van der Waals surface area contributed by atoms with Crippen molar-refractivity contribution in [3.8, 4) is 11.3 Å². The number of nitrogens with two attached hydrogens (primary N) is 1. The third-order valence-electron chi connectivity index (χ3n) is 2.43. The molecule has 90 valence electrons. The van der Waals surface area contributed by atoms with Crippen LogP contribution in [-0.2, 0) is 6.42 Å². The molecule has 2 aromatic rings. The van der Waals surface area contributed by atoms with Crippen LogP contribution in [0.5, 0.6) is 0 Å². The smallest absolute Gasteiger partial charge is 0.169 e. The summed E-state index contributed by atoms with van der Waals surface area (Å²) in [5.74, 6) is 0.986. The fourth-order valence-electron chi connectivity index (χ4n) is 1.80. The maximum Gasteiger partial charge on any atom is 0.169 e. The van der Waals surface area contributed by atoms with Crippen LogP contribution in [0.25, 0.3) is 11.3 Å². The molecule has 0 saturated heterocycles. The Morgan fingerprint density at radius 1 is 1.35 bits per heavy atom. The van der Waals surface area contributed by atoms with Crippen LogP contribution in [0.4, 0.5) is 5.82 Å². The zero-order chi connectivity index (χ0) is 12.5. The number of rotatable bonds is 3. The van der Waals surface area contributed by atoms with Gasteiger partial charge in [-0.2, -0.15) is 0 Å². The number of nitrogen functional groups attached to an aromatic ring is 1. The van der Waals surface area contributed by atoms with E-state index in [0.717, 1.165) is 11.1 Å². The van der Waals surface area contributed by atoms with Gasteiger partial charge in [0, 0.05) is 18.1 Å². The first kappa shape index (κ1) is 11.7. The van der Waals surface area contributed by atoms with Crippen LogP contribution >= 0.6 is 0 Å². The molecule has 1 aromatic heterocycles. The highest BCUT2D eigenvalue weighted by Gasteiger charge is 2.17. The molecule has 0 bridgehead atoms. The van der Waals surface area contributed by atoms with E-state index in [0.29, 0.717) is 18.0 Å². The summed E-state index contributed by atoms with van der Waals surface area (Å²) in [6, 6.07) is 9.43. The average Bonchev–Trinajstić information content (AvgIpc) is 2.63. The molecular formula is C13H16N2O2. The average molecular weight is 232 g/mol. The summed E-state index contributed by atoms with van der Waals surface area (Å²) in [5, 5.41) is 13.5. The summed E-state index contributed by atoms with van der Waals surface area (Å²) >= 11 is 0. The van der Waals surface area contributed by atoms with Gasteiger partial charge in [0.2, 0.25) is 0 Å². The van der Waals surface area contributed by atoms with E-state index < -0.39 is 5.60 Å². The van der Waals surface area contributed by atoms with Crippen LogP contribution in [0, 0.1) is 0 Å². The predicted octanol–water partition coefficient (Wildman–Crippen LogP) is 2.24. The zero-order valence-electron chi connectivity index (χ0n) is 9.97. The molecule has 2 rings (SSSR count). The van der Waals surface area contributed by atoms with Crippen molar-refractivity contribution in [2.24, 2.45) is 0 Å². The van der Waals surface area contributed by atoms with Gasteiger partial charge in [0.05, 0.1) is 5.60 Å². The Kier molecular flexibility index (Phi) is 2.90. The topological polar surface area (TPSA) is 72.3 Å². The highest BCUT2D eigenvalue weighted by Crippen LogP contribution is 2.27. The van der Waals surface area contributed by atoms with Gasteiger partial charge in [-0.3, -0.25) is 0 Å². The third-order valence-corrected chi connectivity index (χ3v) is 2.43. The van der Waals surface area contributed by atoms with Gasteiger partial charge in [-0.1, -0.05) is 29.4 Å². The molecule has 0 amide bonds. The SMILES string of the molecule is CC(C)(O)Cc1ccccc1-c1cc(N)no1. The van der Waals surface area contributed by atoms with Crippen molar-refractivity contribution < 1.29 is 9.63 Å². The molecule has 0 radical (unpaired) electrons. The number of nitrogens with zero attached hydrogens (tertiary/aromatic N) is 1. The number of hydrogen-bond acceptors (Lipinski definition) is 4. The van der Waals surface area contributed by atoms with Gasteiger partial charge in [-0.15, -0.1) is 0 Å². The summed E-state index contributed by atoms with van der Waals surface area (Å²) in [4.78, 5) is 0. The van der Waals surface area contributed by atoms with Crippen LogP contribution in [0.1, 0.15) is 19.4 Å². The van der Waals surface area contributed by atoms with Crippen molar-refractivity contribution in [1.82, 2.24) is 5.16 Å². The maximum atomic E-state index is 9.88. The Balaban J connectivity index is 2.41. The monoisotopic (exact) mass is 232 g/mol. The third kappa shape index (κ3) is 2.85.